The van der Waals surface area contributed by atoms with Crippen LogP contribution in [-0.2, 0) is 11.3 Å². The Hall–Kier alpha value is -1.39. The zero-order valence-corrected chi connectivity index (χ0v) is 14.8. The summed E-state index contributed by atoms with van der Waals surface area (Å²) in [5, 5.41) is 20.6. The number of aliphatic carboxylic acids is 1. The van der Waals surface area contributed by atoms with Crippen LogP contribution >= 0.6 is 11.3 Å². The lowest BCUT2D eigenvalue weighted by Crippen LogP contribution is -2.62. The van der Waals surface area contributed by atoms with E-state index < -0.39 is 11.4 Å². The first-order chi connectivity index (χ1) is 11.5. The molecule has 0 aromatic carbocycles. The standard InChI is InChI=1S/C18H24N2O3S/c1-19-7-3-5-18(17(22)23)6-8-20(12-16(18)19)11-15-10-14(13-24-15)4-2-9-21/h10,13,16,21H,3,5-9,11-12H2,1H3,(H,22,23)/t16-,18+/m1/s1. The summed E-state index contributed by atoms with van der Waals surface area (Å²) in [7, 11) is 2.05. The van der Waals surface area contributed by atoms with E-state index in [0.29, 0.717) is 0 Å². The molecule has 0 spiro atoms. The SMILES string of the molecule is CN1CCC[C@]2(C(=O)O)CCN(Cc3cc(C#CCO)cs3)C[C@@H]12. The Morgan fingerprint density at radius 2 is 2.29 bits per heavy atom. The van der Waals surface area contributed by atoms with E-state index in [9.17, 15) is 9.90 Å². The van der Waals surface area contributed by atoms with Crippen molar-refractivity contribution in [2.24, 2.45) is 5.41 Å². The average molecular weight is 348 g/mol. The van der Waals surface area contributed by atoms with Crippen LogP contribution in [0.25, 0.3) is 0 Å². The van der Waals surface area contributed by atoms with Crippen LogP contribution < -0.4 is 0 Å². The summed E-state index contributed by atoms with van der Waals surface area (Å²) in [4.78, 5) is 17.8. The number of rotatable bonds is 3. The van der Waals surface area contributed by atoms with Crippen molar-refractivity contribution in [3.05, 3.63) is 21.9 Å². The molecule has 5 nitrogen and oxygen atoms in total. The Kier molecular flexibility index (Phi) is 5.26. The number of carboxylic acid groups (broad SMARTS) is 1. The first-order valence-corrected chi connectivity index (χ1v) is 9.26. The molecule has 0 aliphatic carbocycles. The van der Waals surface area contributed by atoms with Gasteiger partial charge in [0.2, 0.25) is 0 Å². The number of aliphatic hydroxyl groups excluding tert-OH is 1. The first-order valence-electron chi connectivity index (χ1n) is 8.38. The van der Waals surface area contributed by atoms with E-state index in [0.717, 1.165) is 51.0 Å². The lowest BCUT2D eigenvalue weighted by Gasteiger charge is -2.51. The van der Waals surface area contributed by atoms with Crippen molar-refractivity contribution in [3.63, 3.8) is 0 Å². The molecule has 1 aromatic rings. The van der Waals surface area contributed by atoms with Gasteiger partial charge in [-0.3, -0.25) is 9.69 Å². The minimum atomic E-state index is -0.628. The van der Waals surface area contributed by atoms with Crippen molar-refractivity contribution in [2.45, 2.75) is 31.8 Å². The highest BCUT2D eigenvalue weighted by Gasteiger charge is 2.52. The number of thiophene rings is 1. The molecule has 2 atom stereocenters. The van der Waals surface area contributed by atoms with Gasteiger partial charge in [-0.1, -0.05) is 11.8 Å². The Labute approximate surface area is 146 Å². The van der Waals surface area contributed by atoms with Gasteiger partial charge in [0.1, 0.15) is 6.61 Å². The van der Waals surface area contributed by atoms with E-state index in [-0.39, 0.29) is 12.6 Å². The van der Waals surface area contributed by atoms with E-state index in [1.165, 1.54) is 4.88 Å². The maximum atomic E-state index is 11.9. The third-order valence-electron chi connectivity index (χ3n) is 5.38. The van der Waals surface area contributed by atoms with Gasteiger partial charge in [0.25, 0.3) is 0 Å². The molecule has 24 heavy (non-hydrogen) atoms. The highest BCUT2D eigenvalue weighted by atomic mass is 32.1. The second-order valence-electron chi connectivity index (χ2n) is 6.81. The molecule has 0 amide bonds. The van der Waals surface area contributed by atoms with E-state index in [1.54, 1.807) is 11.3 Å². The maximum Gasteiger partial charge on any atom is 0.311 e. The van der Waals surface area contributed by atoms with Crippen molar-refractivity contribution in [1.29, 1.82) is 0 Å². The van der Waals surface area contributed by atoms with Crippen LogP contribution in [0, 0.1) is 17.3 Å². The van der Waals surface area contributed by atoms with Crippen molar-refractivity contribution >= 4 is 17.3 Å². The van der Waals surface area contributed by atoms with Crippen LogP contribution in [0.5, 0.6) is 0 Å². The van der Waals surface area contributed by atoms with Gasteiger partial charge in [0, 0.05) is 35.0 Å². The summed E-state index contributed by atoms with van der Waals surface area (Å²) >= 11 is 1.67. The number of fused-ring (bicyclic) bond motifs is 1. The molecule has 2 fully saturated rings. The topological polar surface area (TPSA) is 64.0 Å². The normalized spacial score (nSPS) is 28.0. The van der Waals surface area contributed by atoms with Crippen LogP contribution in [0.1, 0.15) is 29.7 Å². The van der Waals surface area contributed by atoms with Crippen LogP contribution in [0.3, 0.4) is 0 Å². The van der Waals surface area contributed by atoms with Crippen molar-refractivity contribution in [1.82, 2.24) is 9.80 Å². The molecular weight excluding hydrogens is 324 g/mol. The second-order valence-corrected chi connectivity index (χ2v) is 7.80. The molecule has 3 heterocycles. The molecule has 3 rings (SSSR count). The molecule has 2 aliphatic rings. The zero-order chi connectivity index (χ0) is 17.2. The minimum absolute atomic E-state index is 0.0890. The number of hydrogen-bond donors (Lipinski definition) is 2. The third kappa shape index (κ3) is 3.35. The summed E-state index contributed by atoms with van der Waals surface area (Å²) in [6.07, 6.45) is 2.49. The molecule has 6 heteroatoms. The predicted octanol–water partition coefficient (Wildman–Crippen LogP) is 1.46. The van der Waals surface area contributed by atoms with Crippen molar-refractivity contribution in [2.75, 3.05) is 33.3 Å². The Morgan fingerprint density at radius 1 is 1.46 bits per heavy atom. The number of piperidine rings is 2. The fourth-order valence-corrected chi connectivity index (χ4v) is 4.94. The number of likely N-dealkylation sites (N-methyl/N-ethyl adjacent to an activating group) is 1. The lowest BCUT2D eigenvalue weighted by molar-refractivity contribution is -0.162. The van der Waals surface area contributed by atoms with Crippen LogP contribution in [0.15, 0.2) is 11.4 Å². The number of nitrogens with zero attached hydrogens (tertiary/aromatic N) is 2. The van der Waals surface area contributed by atoms with Crippen LogP contribution in [0.2, 0.25) is 0 Å². The predicted molar refractivity (Wildman–Crippen MR) is 93.9 cm³/mol. The summed E-state index contributed by atoms with van der Waals surface area (Å²) in [6, 6.07) is 2.16. The molecule has 2 aliphatic heterocycles. The fourth-order valence-electron chi connectivity index (χ4n) is 4.08. The van der Waals surface area contributed by atoms with E-state index in [4.69, 9.17) is 5.11 Å². The summed E-state index contributed by atoms with van der Waals surface area (Å²) in [5.41, 5.74) is 0.368. The molecule has 0 radical (unpaired) electrons. The second kappa shape index (κ2) is 7.24. The summed E-state index contributed by atoms with van der Waals surface area (Å²) < 4.78 is 0. The molecule has 1 aromatic heterocycles. The molecule has 130 valence electrons. The van der Waals surface area contributed by atoms with Crippen molar-refractivity contribution < 1.29 is 15.0 Å². The third-order valence-corrected chi connectivity index (χ3v) is 6.30. The van der Waals surface area contributed by atoms with E-state index in [1.807, 2.05) is 5.38 Å². The van der Waals surface area contributed by atoms with E-state index >= 15 is 0 Å². The number of hydrogen-bond acceptors (Lipinski definition) is 5. The number of carboxylic acids is 1. The molecule has 0 saturated carbocycles. The van der Waals surface area contributed by atoms with Gasteiger partial charge in [-0.25, -0.2) is 0 Å². The number of likely N-dealkylation sites (tertiary alicyclic amines) is 2. The molecule has 0 bridgehead atoms. The summed E-state index contributed by atoms with van der Waals surface area (Å²) in [6.45, 7) is 3.33. The summed E-state index contributed by atoms with van der Waals surface area (Å²) in [5.74, 6) is 4.97. The Bertz CT molecular complexity index is 663. The molecule has 2 N–H and O–H groups in total. The monoisotopic (exact) mass is 348 g/mol. The van der Waals surface area contributed by atoms with Gasteiger partial charge in [-0.15, -0.1) is 11.3 Å². The molecular formula is C18H24N2O3S. The van der Waals surface area contributed by atoms with Crippen molar-refractivity contribution in [3.8, 4) is 11.8 Å². The van der Waals surface area contributed by atoms with Gasteiger partial charge in [0.05, 0.1) is 5.41 Å². The van der Waals surface area contributed by atoms with Gasteiger partial charge in [-0.05, 0) is 45.5 Å². The first kappa shape index (κ1) is 17.4. The molecule has 2 saturated heterocycles. The quantitative estimate of drug-likeness (QED) is 0.810. The highest BCUT2D eigenvalue weighted by Crippen LogP contribution is 2.42. The van der Waals surface area contributed by atoms with Crippen LogP contribution in [-0.4, -0.2) is 65.3 Å². The fraction of sp³-hybridized carbons (Fsp3) is 0.611. The van der Waals surface area contributed by atoms with Gasteiger partial charge in [-0.2, -0.15) is 0 Å². The average Bonchev–Trinajstić information content (AvgIpc) is 3.01. The number of aliphatic hydroxyl groups is 1. The molecule has 0 unspecified atom stereocenters. The Morgan fingerprint density at radius 3 is 3.04 bits per heavy atom. The smallest absolute Gasteiger partial charge is 0.311 e. The largest absolute Gasteiger partial charge is 0.481 e. The van der Waals surface area contributed by atoms with Gasteiger partial charge < -0.3 is 15.1 Å². The van der Waals surface area contributed by atoms with Crippen LogP contribution in [0.4, 0.5) is 0 Å². The zero-order valence-electron chi connectivity index (χ0n) is 14.0. The Balaban J connectivity index is 1.69. The maximum absolute atomic E-state index is 11.9. The minimum Gasteiger partial charge on any atom is -0.481 e. The van der Waals surface area contributed by atoms with E-state index in [2.05, 4.69) is 34.8 Å². The number of carbonyl (C=O) groups is 1. The highest BCUT2D eigenvalue weighted by molar-refractivity contribution is 7.10. The van der Waals surface area contributed by atoms with Gasteiger partial charge >= 0.3 is 5.97 Å². The lowest BCUT2D eigenvalue weighted by atomic mass is 9.68. The van der Waals surface area contributed by atoms with Gasteiger partial charge in [0.15, 0.2) is 0 Å².